The number of allylic oxidation sites excluding steroid dienone is 1. The lowest BCUT2D eigenvalue weighted by Gasteiger charge is -2.35. The van der Waals surface area contributed by atoms with Crippen LogP contribution in [-0.2, 0) is 0 Å². The van der Waals surface area contributed by atoms with Gasteiger partial charge in [0.1, 0.15) is 5.82 Å². The number of ketones is 1. The molecule has 136 valence electrons. The van der Waals surface area contributed by atoms with E-state index >= 15 is 0 Å². The van der Waals surface area contributed by atoms with Crippen molar-refractivity contribution in [2.75, 3.05) is 37.6 Å². The maximum atomic E-state index is 14.6. The van der Waals surface area contributed by atoms with E-state index in [-0.39, 0.29) is 11.6 Å². The summed E-state index contributed by atoms with van der Waals surface area (Å²) in [7, 11) is 0. The van der Waals surface area contributed by atoms with E-state index in [1.807, 2.05) is 31.2 Å². The molecule has 3 nitrogen and oxygen atoms in total. The molecule has 0 aliphatic carbocycles. The highest BCUT2D eigenvalue weighted by atomic mass is 19.1. The third-order valence-electron chi connectivity index (χ3n) is 4.86. The van der Waals surface area contributed by atoms with Crippen molar-refractivity contribution in [2.45, 2.75) is 13.8 Å². The molecule has 1 fully saturated rings. The first-order valence-corrected chi connectivity index (χ1v) is 9.13. The van der Waals surface area contributed by atoms with Crippen LogP contribution in [0.2, 0.25) is 0 Å². The molecular weight excluding hydrogens is 327 g/mol. The second-order valence-corrected chi connectivity index (χ2v) is 6.70. The highest BCUT2D eigenvalue weighted by Crippen LogP contribution is 2.22. The zero-order chi connectivity index (χ0) is 18.5. The van der Waals surface area contributed by atoms with Crippen molar-refractivity contribution in [2.24, 2.45) is 0 Å². The largest absolute Gasteiger partial charge is 0.367 e. The molecular formula is C22H25FN2O. The number of piperazine rings is 1. The van der Waals surface area contributed by atoms with Gasteiger partial charge in [-0.1, -0.05) is 42.8 Å². The van der Waals surface area contributed by atoms with E-state index in [1.165, 1.54) is 12.1 Å². The molecule has 1 aliphatic rings. The summed E-state index contributed by atoms with van der Waals surface area (Å²) >= 11 is 0. The molecule has 1 aliphatic heterocycles. The van der Waals surface area contributed by atoms with E-state index in [0.29, 0.717) is 11.3 Å². The van der Waals surface area contributed by atoms with Gasteiger partial charge in [-0.2, -0.15) is 0 Å². The van der Waals surface area contributed by atoms with Crippen molar-refractivity contribution >= 4 is 17.5 Å². The Morgan fingerprint density at radius 1 is 1.12 bits per heavy atom. The van der Waals surface area contributed by atoms with Gasteiger partial charge in [-0.05, 0) is 43.3 Å². The Morgan fingerprint density at radius 3 is 2.54 bits per heavy atom. The summed E-state index contributed by atoms with van der Waals surface area (Å²) in [5.74, 6) is -0.516. The molecule has 0 spiro atoms. The molecule has 3 rings (SSSR count). The average Bonchev–Trinajstić information content (AvgIpc) is 2.66. The second kappa shape index (κ2) is 8.28. The Balaban J connectivity index is 1.70. The number of hydrogen-bond donors (Lipinski definition) is 0. The molecule has 0 atom stereocenters. The predicted molar refractivity (Wildman–Crippen MR) is 105 cm³/mol. The SMILES string of the molecule is CCN1CCN(c2ccc(C(=O)/C=C/c3cccc(C)c3)cc2F)CC1. The average molecular weight is 352 g/mol. The summed E-state index contributed by atoms with van der Waals surface area (Å²) in [6, 6.07) is 12.7. The van der Waals surface area contributed by atoms with Crippen LogP contribution in [0, 0.1) is 12.7 Å². The molecule has 0 radical (unpaired) electrons. The number of benzene rings is 2. The van der Waals surface area contributed by atoms with Gasteiger partial charge in [0, 0.05) is 31.7 Å². The Hall–Kier alpha value is -2.46. The monoisotopic (exact) mass is 352 g/mol. The van der Waals surface area contributed by atoms with E-state index in [1.54, 1.807) is 18.2 Å². The van der Waals surface area contributed by atoms with Crippen molar-refractivity contribution in [1.82, 2.24) is 4.90 Å². The normalized spacial score (nSPS) is 15.6. The molecule has 4 heteroatoms. The third-order valence-corrected chi connectivity index (χ3v) is 4.86. The van der Waals surface area contributed by atoms with Crippen molar-refractivity contribution in [3.05, 3.63) is 71.0 Å². The predicted octanol–water partition coefficient (Wildman–Crippen LogP) is 4.17. The Bertz CT molecular complexity index is 808. The van der Waals surface area contributed by atoms with E-state index in [0.717, 1.165) is 43.9 Å². The topological polar surface area (TPSA) is 23.6 Å². The van der Waals surface area contributed by atoms with E-state index in [2.05, 4.69) is 16.7 Å². The number of nitrogens with zero attached hydrogens (tertiary/aromatic N) is 2. The van der Waals surface area contributed by atoms with E-state index < -0.39 is 0 Å². The van der Waals surface area contributed by atoms with E-state index in [4.69, 9.17) is 0 Å². The first kappa shape index (κ1) is 18.3. The molecule has 26 heavy (non-hydrogen) atoms. The minimum atomic E-state index is -0.329. The van der Waals surface area contributed by atoms with Gasteiger partial charge in [0.2, 0.25) is 0 Å². The molecule has 0 saturated carbocycles. The number of halogens is 1. The van der Waals surface area contributed by atoms with Gasteiger partial charge in [0.15, 0.2) is 5.78 Å². The lowest BCUT2D eigenvalue weighted by atomic mass is 10.1. The molecule has 0 N–H and O–H groups in total. The van der Waals surface area contributed by atoms with Crippen LogP contribution in [0.1, 0.15) is 28.4 Å². The van der Waals surface area contributed by atoms with Crippen LogP contribution in [0.4, 0.5) is 10.1 Å². The molecule has 0 amide bonds. The number of likely N-dealkylation sites (N-methyl/N-ethyl adjacent to an activating group) is 1. The van der Waals surface area contributed by atoms with Crippen LogP contribution in [0.3, 0.4) is 0 Å². The number of anilines is 1. The van der Waals surface area contributed by atoms with Crippen LogP contribution in [0.25, 0.3) is 6.08 Å². The number of carbonyl (C=O) groups excluding carboxylic acids is 1. The summed E-state index contributed by atoms with van der Waals surface area (Å²) in [6.45, 7) is 8.67. The number of hydrogen-bond acceptors (Lipinski definition) is 3. The summed E-state index contributed by atoms with van der Waals surface area (Å²) < 4.78 is 14.6. The maximum absolute atomic E-state index is 14.6. The Morgan fingerprint density at radius 2 is 1.88 bits per heavy atom. The quantitative estimate of drug-likeness (QED) is 0.596. The second-order valence-electron chi connectivity index (χ2n) is 6.70. The van der Waals surface area contributed by atoms with Crippen molar-refractivity contribution in [3.8, 4) is 0 Å². The zero-order valence-corrected chi connectivity index (χ0v) is 15.4. The maximum Gasteiger partial charge on any atom is 0.185 e. The van der Waals surface area contributed by atoms with Gasteiger partial charge in [-0.3, -0.25) is 4.79 Å². The number of aryl methyl sites for hydroxylation is 1. The van der Waals surface area contributed by atoms with Crippen LogP contribution in [-0.4, -0.2) is 43.4 Å². The Labute approximate surface area is 154 Å². The first-order valence-electron chi connectivity index (χ1n) is 9.13. The summed E-state index contributed by atoms with van der Waals surface area (Å²) in [4.78, 5) is 16.8. The summed E-state index contributed by atoms with van der Waals surface area (Å²) in [5.41, 5.74) is 3.06. The highest BCUT2D eigenvalue weighted by molar-refractivity contribution is 6.07. The Kier molecular flexibility index (Phi) is 5.84. The first-order chi connectivity index (χ1) is 12.6. The van der Waals surface area contributed by atoms with Gasteiger partial charge >= 0.3 is 0 Å². The fourth-order valence-electron chi connectivity index (χ4n) is 3.26. The molecule has 1 saturated heterocycles. The lowest BCUT2D eigenvalue weighted by molar-refractivity contribution is 0.104. The van der Waals surface area contributed by atoms with Crippen molar-refractivity contribution in [1.29, 1.82) is 0 Å². The molecule has 0 aromatic heterocycles. The van der Waals surface area contributed by atoms with Gasteiger partial charge in [0.05, 0.1) is 5.69 Å². The van der Waals surface area contributed by atoms with Crippen LogP contribution in [0.5, 0.6) is 0 Å². The third kappa shape index (κ3) is 4.38. The molecule has 0 unspecified atom stereocenters. The number of rotatable bonds is 5. The molecule has 2 aromatic carbocycles. The van der Waals surface area contributed by atoms with Gasteiger partial charge in [0.25, 0.3) is 0 Å². The summed E-state index contributed by atoms with van der Waals surface area (Å²) in [6.07, 6.45) is 3.27. The molecule has 2 aromatic rings. The smallest absolute Gasteiger partial charge is 0.185 e. The minimum absolute atomic E-state index is 0.187. The van der Waals surface area contributed by atoms with Gasteiger partial charge in [-0.15, -0.1) is 0 Å². The molecule has 0 bridgehead atoms. The fraction of sp³-hybridized carbons (Fsp3) is 0.318. The lowest BCUT2D eigenvalue weighted by Crippen LogP contribution is -2.46. The van der Waals surface area contributed by atoms with Crippen molar-refractivity contribution < 1.29 is 9.18 Å². The van der Waals surface area contributed by atoms with Crippen LogP contribution < -0.4 is 4.90 Å². The molecule has 1 heterocycles. The van der Waals surface area contributed by atoms with Crippen LogP contribution in [0.15, 0.2) is 48.5 Å². The minimum Gasteiger partial charge on any atom is -0.367 e. The fourth-order valence-corrected chi connectivity index (χ4v) is 3.26. The van der Waals surface area contributed by atoms with Crippen molar-refractivity contribution in [3.63, 3.8) is 0 Å². The van der Waals surface area contributed by atoms with Crippen LogP contribution >= 0.6 is 0 Å². The number of carbonyl (C=O) groups is 1. The van der Waals surface area contributed by atoms with Gasteiger partial charge in [-0.25, -0.2) is 4.39 Å². The standard InChI is InChI=1S/C22H25FN2O/c1-3-24-11-13-25(14-12-24)21-9-8-19(16-20(21)23)22(26)10-7-18-6-4-5-17(2)15-18/h4-10,15-16H,3,11-14H2,1-2H3/b10-7+. The van der Waals surface area contributed by atoms with E-state index in [9.17, 15) is 9.18 Å². The summed E-state index contributed by atoms with van der Waals surface area (Å²) in [5, 5.41) is 0. The zero-order valence-electron chi connectivity index (χ0n) is 15.4. The highest BCUT2D eigenvalue weighted by Gasteiger charge is 2.19. The van der Waals surface area contributed by atoms with Gasteiger partial charge < -0.3 is 9.80 Å².